The van der Waals surface area contributed by atoms with Crippen molar-refractivity contribution in [3.8, 4) is 22.6 Å². The van der Waals surface area contributed by atoms with Gasteiger partial charge in [0.15, 0.2) is 11.5 Å². The summed E-state index contributed by atoms with van der Waals surface area (Å²) >= 11 is 12.4. The molecule has 5 rings (SSSR count). The molecule has 0 saturated carbocycles. The Morgan fingerprint density at radius 3 is 1.68 bits per heavy atom. The molecule has 4 aromatic carbocycles. The second-order valence-corrected chi connectivity index (χ2v) is 10.9. The van der Waals surface area contributed by atoms with E-state index in [4.69, 9.17) is 38.4 Å². The zero-order chi connectivity index (χ0) is 34.5. The van der Waals surface area contributed by atoms with E-state index in [0.717, 1.165) is 24.3 Å². The Labute approximate surface area is 276 Å². The molecule has 244 valence electrons. The SMILES string of the molecule is NC[C@H]1COc2cc(F)cc(-c3c(Cl)cccc3Cl)c2O1.O=C(O)[C@](O)(C(=O)c1ccccc1)[C@](O)(C(=O)O)C(=O)c1ccccc1. The summed E-state index contributed by atoms with van der Waals surface area (Å²) in [6.07, 6.45) is -0.289. The average molecular weight is 686 g/mol. The van der Waals surface area contributed by atoms with Crippen LogP contribution >= 0.6 is 23.2 Å². The minimum Gasteiger partial charge on any atom is -0.486 e. The Morgan fingerprint density at radius 1 is 0.787 bits per heavy atom. The van der Waals surface area contributed by atoms with Gasteiger partial charge in [0.1, 0.15) is 18.5 Å². The van der Waals surface area contributed by atoms with Gasteiger partial charge >= 0.3 is 11.9 Å². The number of nitrogens with two attached hydrogens (primary N) is 1. The maximum absolute atomic E-state index is 13.8. The molecule has 1 aliphatic heterocycles. The molecule has 11 nitrogen and oxygen atoms in total. The molecule has 0 spiro atoms. The van der Waals surface area contributed by atoms with Crippen LogP contribution in [0.5, 0.6) is 11.5 Å². The van der Waals surface area contributed by atoms with E-state index in [1.807, 2.05) is 0 Å². The number of carbonyl (C=O) groups is 4. The van der Waals surface area contributed by atoms with Crippen molar-refractivity contribution in [3.63, 3.8) is 0 Å². The third-order valence-electron chi connectivity index (χ3n) is 7.10. The quantitative estimate of drug-likeness (QED) is 0.125. The van der Waals surface area contributed by atoms with E-state index >= 15 is 0 Å². The van der Waals surface area contributed by atoms with E-state index < -0.39 is 51.7 Å². The maximum Gasteiger partial charge on any atom is 0.348 e. The zero-order valence-electron chi connectivity index (χ0n) is 24.1. The van der Waals surface area contributed by atoms with Gasteiger partial charge in [-0.25, -0.2) is 14.0 Å². The molecular weight excluding hydrogens is 660 g/mol. The summed E-state index contributed by atoms with van der Waals surface area (Å²) in [6, 6.07) is 20.5. The van der Waals surface area contributed by atoms with Crippen LogP contribution in [0, 0.1) is 5.82 Å². The van der Waals surface area contributed by atoms with Crippen LogP contribution in [0.3, 0.4) is 0 Å². The molecule has 0 unspecified atom stereocenters. The number of hydrogen-bond donors (Lipinski definition) is 5. The Balaban J connectivity index is 0.000000217. The maximum atomic E-state index is 13.8. The van der Waals surface area contributed by atoms with Gasteiger partial charge in [-0.1, -0.05) is 89.9 Å². The van der Waals surface area contributed by atoms with Gasteiger partial charge in [0.05, 0.1) is 10.0 Å². The smallest absolute Gasteiger partial charge is 0.348 e. The van der Waals surface area contributed by atoms with Gasteiger partial charge in [0.2, 0.25) is 11.6 Å². The number of carboxylic acids is 2. The number of ketones is 2. The second kappa shape index (κ2) is 14.3. The lowest BCUT2D eigenvalue weighted by atomic mass is 9.73. The van der Waals surface area contributed by atoms with Crippen LogP contribution in [0.15, 0.2) is 91.0 Å². The van der Waals surface area contributed by atoms with Crippen molar-refractivity contribution >= 4 is 46.7 Å². The fraction of sp³-hybridized carbons (Fsp3) is 0.152. The fourth-order valence-electron chi connectivity index (χ4n) is 4.67. The fourth-order valence-corrected chi connectivity index (χ4v) is 5.27. The molecule has 0 saturated heterocycles. The number of fused-ring (bicyclic) bond motifs is 1. The van der Waals surface area contributed by atoms with Crippen molar-refractivity contribution in [1.82, 2.24) is 0 Å². The number of carboxylic acid groups (broad SMARTS) is 2. The first-order chi connectivity index (χ1) is 22.3. The van der Waals surface area contributed by atoms with Crippen LogP contribution < -0.4 is 15.2 Å². The summed E-state index contributed by atoms with van der Waals surface area (Å²) in [5.74, 6) is -7.74. The van der Waals surface area contributed by atoms with Crippen molar-refractivity contribution < 1.29 is 53.5 Å². The Kier molecular flexibility index (Phi) is 10.6. The molecule has 3 atom stereocenters. The summed E-state index contributed by atoms with van der Waals surface area (Å²) in [4.78, 5) is 48.5. The van der Waals surface area contributed by atoms with Gasteiger partial charge in [0, 0.05) is 34.9 Å². The predicted molar refractivity (Wildman–Crippen MR) is 168 cm³/mol. The monoisotopic (exact) mass is 685 g/mol. The Morgan fingerprint density at radius 2 is 1.26 bits per heavy atom. The van der Waals surface area contributed by atoms with Crippen molar-refractivity contribution in [2.24, 2.45) is 5.73 Å². The summed E-state index contributed by atoms with van der Waals surface area (Å²) in [5, 5.41) is 40.7. The molecule has 0 aliphatic carbocycles. The number of aliphatic carboxylic acids is 2. The number of benzene rings is 4. The molecule has 1 heterocycles. The van der Waals surface area contributed by atoms with Crippen molar-refractivity contribution in [1.29, 1.82) is 0 Å². The van der Waals surface area contributed by atoms with Crippen molar-refractivity contribution in [3.05, 3.63) is 118 Å². The number of hydrogen-bond acceptors (Lipinski definition) is 9. The minimum absolute atomic E-state index is 0.280. The Hall–Kier alpha value is -4.85. The first kappa shape index (κ1) is 35.0. The standard InChI is InChI=1S/C18H14O8.C15H12Cl2FNO2/c19-13(11-7-3-1-4-8-11)17(25,15(21)22)18(26,16(23)24)14(20)12-9-5-2-6-10-12;16-11-2-1-3-12(17)14(11)10-4-8(18)5-13-15(10)21-9(6-19)7-20-13/h1-10,25-26H,(H,21,22)(H,23,24);1-5,9H,6-7,19H2/t17-,18-;9-/m10/s1. The lowest BCUT2D eigenvalue weighted by molar-refractivity contribution is -0.187. The highest BCUT2D eigenvalue weighted by atomic mass is 35.5. The molecule has 0 bridgehead atoms. The molecule has 6 N–H and O–H groups in total. The van der Waals surface area contributed by atoms with Crippen LogP contribution in [-0.2, 0) is 9.59 Å². The van der Waals surface area contributed by atoms with Crippen molar-refractivity contribution in [2.75, 3.05) is 13.2 Å². The number of rotatable bonds is 9. The van der Waals surface area contributed by atoms with E-state index in [1.165, 1.54) is 48.5 Å². The minimum atomic E-state index is -3.95. The van der Waals surface area contributed by atoms with Crippen LogP contribution in [0.25, 0.3) is 11.1 Å². The Bertz CT molecular complexity index is 1730. The van der Waals surface area contributed by atoms with Crippen molar-refractivity contribution in [2.45, 2.75) is 17.3 Å². The van der Waals surface area contributed by atoms with Gasteiger partial charge < -0.3 is 35.6 Å². The van der Waals surface area contributed by atoms with Gasteiger partial charge in [-0.05, 0) is 18.2 Å². The largest absolute Gasteiger partial charge is 0.486 e. The average Bonchev–Trinajstić information content (AvgIpc) is 3.07. The molecule has 0 aromatic heterocycles. The van der Waals surface area contributed by atoms with Crippen LogP contribution in [0.2, 0.25) is 10.0 Å². The van der Waals surface area contributed by atoms with Crippen LogP contribution in [-0.4, -0.2) is 74.4 Å². The summed E-state index contributed by atoms with van der Waals surface area (Å²) in [6.45, 7) is 0.579. The molecular formula is C33H26Cl2FNO10. The van der Waals surface area contributed by atoms with Crippen LogP contribution in [0.4, 0.5) is 4.39 Å². The highest BCUT2D eigenvalue weighted by molar-refractivity contribution is 6.39. The summed E-state index contributed by atoms with van der Waals surface area (Å²) in [7, 11) is 0. The summed E-state index contributed by atoms with van der Waals surface area (Å²) in [5.41, 5.74) is -2.11. The van der Waals surface area contributed by atoms with Gasteiger partial charge in [-0.3, -0.25) is 9.59 Å². The van der Waals surface area contributed by atoms with Gasteiger partial charge in [0.25, 0.3) is 11.2 Å². The molecule has 1 aliphatic rings. The third kappa shape index (κ3) is 6.68. The lowest BCUT2D eigenvalue weighted by Gasteiger charge is -2.34. The first-order valence-electron chi connectivity index (χ1n) is 13.7. The molecule has 14 heteroatoms. The van der Waals surface area contributed by atoms with Crippen LogP contribution in [0.1, 0.15) is 20.7 Å². The molecule has 0 amide bonds. The van der Waals surface area contributed by atoms with E-state index in [1.54, 1.807) is 18.2 Å². The third-order valence-corrected chi connectivity index (χ3v) is 7.73. The number of carbonyl (C=O) groups excluding carboxylic acids is 2. The predicted octanol–water partition coefficient (Wildman–Crippen LogP) is 4.28. The number of aliphatic hydroxyl groups is 2. The normalized spacial score (nSPS) is 16.0. The van der Waals surface area contributed by atoms with E-state index in [2.05, 4.69) is 0 Å². The lowest BCUT2D eigenvalue weighted by Crippen LogP contribution is -2.71. The number of Topliss-reactive ketones (excluding diaryl/α,β-unsaturated/α-hetero) is 2. The van der Waals surface area contributed by atoms with Gasteiger partial charge in [-0.2, -0.15) is 0 Å². The van der Waals surface area contributed by atoms with Gasteiger partial charge in [-0.15, -0.1) is 0 Å². The highest BCUT2D eigenvalue weighted by Crippen LogP contribution is 2.46. The molecule has 4 aromatic rings. The first-order valence-corrected chi connectivity index (χ1v) is 14.4. The summed E-state index contributed by atoms with van der Waals surface area (Å²) < 4.78 is 25.2. The zero-order valence-corrected chi connectivity index (χ0v) is 25.6. The molecule has 0 radical (unpaired) electrons. The molecule has 47 heavy (non-hydrogen) atoms. The topological polar surface area (TPSA) is 194 Å². The second-order valence-electron chi connectivity index (χ2n) is 10.1. The van der Waals surface area contributed by atoms with E-state index in [9.17, 15) is 44.0 Å². The number of halogens is 3. The molecule has 0 fully saturated rings. The highest BCUT2D eigenvalue weighted by Gasteiger charge is 2.69. The van der Waals surface area contributed by atoms with E-state index in [-0.39, 0.29) is 12.7 Å². The van der Waals surface area contributed by atoms with E-state index in [0.29, 0.717) is 39.2 Å². The number of ether oxygens (including phenoxy) is 2.